The summed E-state index contributed by atoms with van der Waals surface area (Å²) in [4.78, 5) is 80.5. The highest BCUT2D eigenvalue weighted by molar-refractivity contribution is 7.17. The minimum absolute atomic E-state index is 0.119. The zero-order valence-electron chi connectivity index (χ0n) is 70.1. The Bertz CT molecular complexity index is 7240. The van der Waals surface area contributed by atoms with Gasteiger partial charge in [0.05, 0.1) is 61.6 Å². The molecule has 27 heteroatoms. The summed E-state index contributed by atoms with van der Waals surface area (Å²) < 4.78 is 9.35. The molecule has 0 atom stereocenters. The van der Waals surface area contributed by atoms with Crippen LogP contribution in [0.4, 0.5) is 51.2 Å². The van der Waals surface area contributed by atoms with Gasteiger partial charge >= 0.3 is 0 Å². The van der Waals surface area contributed by atoms with Crippen molar-refractivity contribution in [1.29, 1.82) is 5.26 Å². The zero-order chi connectivity index (χ0) is 88.0. The SMILES string of the molecule is CCn1nc(-c2ccc(C)cc2)cc(N=c2cccc3n(O)cccc2-3)c1=O.CCn1nc(-c2ccc(C)cc2)cc(Nc2cccc3ncccc23)c1=O.CCn1nc(-c2ccccc2)c(C#N)c(Nc2cccnc2)c1=O.CCn1nc(-c2ccccc2)cc(Nc2ccccc2)c1=O.CCn1nc(-c2ccccc2)cc(Nc2csc3cnccc23)c1=O. The quantitative estimate of drug-likeness (QED) is 0.0470. The molecule has 0 fully saturated rings. The Balaban J connectivity index is 0.000000128. The second-order valence-corrected chi connectivity index (χ2v) is 29.5. The van der Waals surface area contributed by atoms with E-state index in [9.17, 15) is 34.4 Å². The van der Waals surface area contributed by atoms with Crippen LogP contribution >= 0.6 is 11.3 Å². The lowest BCUT2D eigenvalue weighted by Crippen LogP contribution is -2.26. The number of fused-ring (bicyclic) bond motifs is 3. The van der Waals surface area contributed by atoms with Gasteiger partial charge in [0.25, 0.3) is 27.8 Å². The first-order chi connectivity index (χ1) is 61.5. The molecule has 1 aliphatic heterocycles. The molecule has 0 saturated heterocycles. The van der Waals surface area contributed by atoms with Gasteiger partial charge in [-0.25, -0.2) is 28.4 Å². The lowest BCUT2D eigenvalue weighted by atomic mass is 10.1. The molecule has 10 heterocycles. The average molecular weight is 1690 g/mol. The first-order valence-electron chi connectivity index (χ1n) is 40.9. The van der Waals surface area contributed by atoms with Crippen LogP contribution < -0.4 is 54.4 Å². The van der Waals surface area contributed by atoms with Crippen molar-refractivity contribution in [2.24, 2.45) is 4.99 Å². The predicted octanol–water partition coefficient (Wildman–Crippen LogP) is 19.0. The van der Waals surface area contributed by atoms with Crippen LogP contribution in [0.1, 0.15) is 51.3 Å². The van der Waals surface area contributed by atoms with Crippen molar-refractivity contribution in [3.63, 3.8) is 0 Å². The van der Waals surface area contributed by atoms with E-state index < -0.39 is 0 Å². The van der Waals surface area contributed by atoms with Gasteiger partial charge in [-0.15, -0.1) is 11.3 Å². The topological polar surface area (TPSA) is 323 Å². The van der Waals surface area contributed by atoms with E-state index in [1.807, 2.05) is 291 Å². The summed E-state index contributed by atoms with van der Waals surface area (Å²) in [7, 11) is 0. The highest BCUT2D eigenvalue weighted by Crippen LogP contribution is 2.34. The van der Waals surface area contributed by atoms with Crippen LogP contribution in [-0.2, 0) is 32.7 Å². The smallest absolute Gasteiger partial charge is 0.292 e. The minimum atomic E-state index is -0.336. The molecule has 0 amide bonds. The van der Waals surface area contributed by atoms with Gasteiger partial charge in [0, 0.05) is 125 Å². The molecule has 18 rings (SSSR count). The number of anilines is 8. The summed E-state index contributed by atoms with van der Waals surface area (Å²) in [5.74, 6) is 0. The molecular weight excluding hydrogens is 1600 g/mol. The molecule has 7 aromatic carbocycles. The first-order valence-corrected chi connectivity index (χ1v) is 41.7. The summed E-state index contributed by atoms with van der Waals surface area (Å²) in [5, 5.41) is 59.3. The standard InChI is InChI=1S/C22H20N4O2.C22H20N4O.C19H16N4OS.C18H15N5O.C18H17N3O/c1-3-25-22(27)20(14-19(24-25)16-11-9-15(2)10-12-16)23-18-7-4-8-21-17(18)6-5-13-26(21)28;1-3-26-22(27)21(14-20(25-26)16-11-9-15(2)10-12-16)24-19-8-4-7-18-17(19)6-5-13-23-18;1-2-23-19(24)16(10-15(22-23)13-6-4-3-5-7-13)21-17-12-25-18-11-20-9-8-14(17)18;1-2-23-18(24)17(21-14-9-6-10-20-12-14)15(11-19)16(22-23)13-7-4-3-5-8-13;1-2-21-18(22)17(19-15-11-7-4-8-12-15)13-16(20-21)14-9-5-3-6-10-14/h4-14,28H,3H2,1-2H3;4-14,24H,3H2,1-2H3;3-12,21H,2H2,1H3;3-10,12,21H,2H2,1H3;3-13,19H,2H2,1H3. The molecule has 0 spiro atoms. The molecule has 9 aromatic heterocycles. The second kappa shape index (κ2) is 40.7. The van der Waals surface area contributed by atoms with Crippen LogP contribution in [0.3, 0.4) is 0 Å². The number of hydrogen-bond acceptors (Lipinski definition) is 21. The molecule has 2 aliphatic rings. The predicted molar refractivity (Wildman–Crippen MR) is 501 cm³/mol. The maximum absolute atomic E-state index is 12.8. The van der Waals surface area contributed by atoms with E-state index in [-0.39, 0.29) is 39.0 Å². The van der Waals surface area contributed by atoms with E-state index in [0.717, 1.165) is 98.8 Å². The van der Waals surface area contributed by atoms with E-state index >= 15 is 0 Å². The van der Waals surface area contributed by atoms with Crippen LogP contribution in [0.25, 0.3) is 88.5 Å². The number of rotatable bonds is 19. The van der Waals surface area contributed by atoms with Crippen molar-refractivity contribution in [2.75, 3.05) is 21.3 Å². The van der Waals surface area contributed by atoms with Gasteiger partial charge in [0.2, 0.25) is 0 Å². The van der Waals surface area contributed by atoms with Crippen LogP contribution in [0.15, 0.2) is 345 Å². The van der Waals surface area contributed by atoms with Gasteiger partial charge in [-0.1, -0.05) is 181 Å². The van der Waals surface area contributed by atoms with Gasteiger partial charge in [0.1, 0.15) is 45.8 Å². The lowest BCUT2D eigenvalue weighted by Gasteiger charge is -2.13. The Morgan fingerprint density at radius 3 is 1.44 bits per heavy atom. The number of benzene rings is 8. The van der Waals surface area contributed by atoms with Crippen LogP contribution in [0.5, 0.6) is 0 Å². The number of pyridine rings is 4. The largest absolute Gasteiger partial charge is 0.428 e. The molecule has 5 N–H and O–H groups in total. The number of nitrogens with zero attached hydrogens (tertiary/aromatic N) is 16. The van der Waals surface area contributed by atoms with Gasteiger partial charge in [-0.05, 0) is 152 Å². The molecule has 16 aromatic rings. The second-order valence-electron chi connectivity index (χ2n) is 28.6. The summed E-state index contributed by atoms with van der Waals surface area (Å²) in [6.07, 6.45) is 10.1. The van der Waals surface area contributed by atoms with E-state index in [1.165, 1.54) is 29.0 Å². The van der Waals surface area contributed by atoms with Crippen LogP contribution in [-0.4, -0.2) is 73.8 Å². The monoisotopic (exact) mass is 1680 g/mol. The summed E-state index contributed by atoms with van der Waals surface area (Å²) in [5.41, 5.74) is 17.3. The zero-order valence-corrected chi connectivity index (χ0v) is 70.9. The highest BCUT2D eigenvalue weighted by atomic mass is 32.1. The number of aromatic nitrogens is 14. The van der Waals surface area contributed by atoms with Crippen molar-refractivity contribution in [3.8, 4) is 73.6 Å². The molecule has 1 aliphatic carbocycles. The Morgan fingerprint density at radius 2 is 0.889 bits per heavy atom. The summed E-state index contributed by atoms with van der Waals surface area (Å²) >= 11 is 1.60. The fraction of sp³-hybridized carbons (Fsp3) is 0.121. The average Bonchev–Trinajstić information content (AvgIpc) is 0.933. The van der Waals surface area contributed by atoms with Crippen LogP contribution in [0, 0.1) is 25.2 Å². The number of para-hydroxylation sites is 1. The van der Waals surface area contributed by atoms with Crippen LogP contribution in [0.2, 0.25) is 0 Å². The molecule has 0 bridgehead atoms. The normalized spacial score (nSPS) is 10.9. The van der Waals surface area contributed by atoms with Gasteiger partial charge in [-0.2, -0.15) is 35.5 Å². The maximum atomic E-state index is 12.8. The highest BCUT2D eigenvalue weighted by Gasteiger charge is 2.21. The number of aryl methyl sites for hydroxylation is 7. The van der Waals surface area contributed by atoms with Crippen molar-refractivity contribution >= 4 is 83.5 Å². The fourth-order valence-corrected chi connectivity index (χ4v) is 14.4. The third-order valence-corrected chi connectivity index (χ3v) is 21.0. The van der Waals surface area contributed by atoms with Crippen molar-refractivity contribution in [3.05, 3.63) is 389 Å². The van der Waals surface area contributed by atoms with Gasteiger partial charge in [0.15, 0.2) is 0 Å². The van der Waals surface area contributed by atoms with E-state index in [2.05, 4.69) is 72.8 Å². The van der Waals surface area contributed by atoms with Crippen molar-refractivity contribution < 1.29 is 5.21 Å². The fourth-order valence-electron chi connectivity index (χ4n) is 13.6. The first kappa shape index (κ1) is 85.9. The number of nitriles is 1. The maximum Gasteiger partial charge on any atom is 0.292 e. The molecule has 0 radical (unpaired) electrons. The minimum Gasteiger partial charge on any atom is -0.428 e. The van der Waals surface area contributed by atoms with Crippen molar-refractivity contribution in [1.82, 2.24) is 68.6 Å². The molecule has 626 valence electrons. The summed E-state index contributed by atoms with van der Waals surface area (Å²) in [6, 6.07) is 88.3. The lowest BCUT2D eigenvalue weighted by molar-refractivity contribution is 0.189. The Labute approximate surface area is 728 Å². The number of thiophene rings is 1. The third-order valence-electron chi connectivity index (χ3n) is 20.1. The Morgan fingerprint density at radius 1 is 0.405 bits per heavy atom. The van der Waals surface area contributed by atoms with E-state index in [1.54, 1.807) is 84.8 Å². The Hall–Kier alpha value is -16.5. The number of nitrogens with one attached hydrogen (secondary N) is 4. The summed E-state index contributed by atoms with van der Waals surface area (Å²) in [6.45, 7) is 15.9. The molecule has 0 saturated carbocycles. The van der Waals surface area contributed by atoms with E-state index in [0.29, 0.717) is 83.6 Å². The third kappa shape index (κ3) is 20.4. The van der Waals surface area contributed by atoms with Gasteiger partial charge in [-0.3, -0.25) is 38.9 Å². The molecule has 0 unspecified atom stereocenters. The van der Waals surface area contributed by atoms with Crippen molar-refractivity contribution in [2.45, 2.75) is 81.2 Å². The molecule has 26 nitrogen and oxygen atoms in total. The van der Waals surface area contributed by atoms with Gasteiger partial charge < -0.3 is 26.5 Å². The number of hydrogen-bond donors (Lipinski definition) is 5. The Kier molecular flexibility index (Phi) is 27.8. The van der Waals surface area contributed by atoms with E-state index in [4.69, 9.17) is 0 Å². The molecular formula is C99H88N20O6S. The molecule has 126 heavy (non-hydrogen) atoms.